The lowest BCUT2D eigenvalue weighted by molar-refractivity contribution is -0.143. The summed E-state index contributed by atoms with van der Waals surface area (Å²) in [5, 5.41) is 11.5. The Morgan fingerprint density at radius 1 is 1.32 bits per heavy atom. The molecule has 0 aliphatic heterocycles. The van der Waals surface area contributed by atoms with Crippen molar-refractivity contribution < 1.29 is 14.7 Å². The van der Waals surface area contributed by atoms with Crippen LogP contribution in [0.3, 0.4) is 0 Å². The van der Waals surface area contributed by atoms with E-state index in [0.29, 0.717) is 12.1 Å². The van der Waals surface area contributed by atoms with Crippen molar-refractivity contribution in [1.82, 2.24) is 5.32 Å². The van der Waals surface area contributed by atoms with Crippen molar-refractivity contribution >= 4 is 17.6 Å². The summed E-state index contributed by atoms with van der Waals surface area (Å²) in [5.41, 5.74) is 7.32. The maximum Gasteiger partial charge on any atom is 0.326 e. The highest BCUT2D eigenvalue weighted by molar-refractivity contribution is 5.83. The van der Waals surface area contributed by atoms with Crippen LogP contribution in [-0.2, 0) is 16.0 Å². The van der Waals surface area contributed by atoms with Crippen molar-refractivity contribution in [3.05, 3.63) is 29.8 Å². The maximum atomic E-state index is 11.7. The zero-order valence-corrected chi connectivity index (χ0v) is 11.2. The maximum absolute atomic E-state index is 11.7. The van der Waals surface area contributed by atoms with Crippen molar-refractivity contribution in [1.29, 1.82) is 0 Å². The second-order valence-electron chi connectivity index (χ2n) is 4.83. The van der Waals surface area contributed by atoms with Gasteiger partial charge in [-0.2, -0.15) is 0 Å². The molecule has 5 nitrogen and oxygen atoms in total. The highest BCUT2D eigenvalue weighted by Crippen LogP contribution is 2.12. The van der Waals surface area contributed by atoms with Crippen molar-refractivity contribution in [3.8, 4) is 0 Å². The number of aryl methyl sites for hydroxylation is 1. The SMILES string of the molecule is CC(C)[C@H](NC(=O)CCc1ccccc1N)C(=O)O. The minimum Gasteiger partial charge on any atom is -0.480 e. The topological polar surface area (TPSA) is 92.4 Å². The second kappa shape index (κ2) is 6.78. The summed E-state index contributed by atoms with van der Waals surface area (Å²) in [5.74, 6) is -1.44. The second-order valence-corrected chi connectivity index (χ2v) is 4.83. The Balaban J connectivity index is 2.52. The summed E-state index contributed by atoms with van der Waals surface area (Å²) in [6, 6.07) is 6.48. The third-order valence-corrected chi connectivity index (χ3v) is 2.93. The monoisotopic (exact) mass is 264 g/mol. The zero-order chi connectivity index (χ0) is 14.4. The van der Waals surface area contributed by atoms with E-state index < -0.39 is 12.0 Å². The average Bonchev–Trinajstić information content (AvgIpc) is 2.34. The lowest BCUT2D eigenvalue weighted by Crippen LogP contribution is -2.44. The number of rotatable bonds is 6. The van der Waals surface area contributed by atoms with Crippen LogP contribution in [0.4, 0.5) is 5.69 Å². The molecular weight excluding hydrogens is 244 g/mol. The average molecular weight is 264 g/mol. The Hall–Kier alpha value is -2.04. The van der Waals surface area contributed by atoms with Crippen LogP contribution in [0.25, 0.3) is 0 Å². The quantitative estimate of drug-likeness (QED) is 0.678. The highest BCUT2D eigenvalue weighted by Gasteiger charge is 2.23. The number of nitrogens with two attached hydrogens (primary N) is 1. The van der Waals surface area contributed by atoms with Gasteiger partial charge in [-0.1, -0.05) is 32.0 Å². The molecule has 1 aromatic carbocycles. The molecule has 0 saturated carbocycles. The molecular formula is C14H20N2O3. The van der Waals surface area contributed by atoms with Crippen molar-refractivity contribution in [2.75, 3.05) is 5.73 Å². The Morgan fingerprint density at radius 2 is 1.95 bits per heavy atom. The van der Waals surface area contributed by atoms with Crippen LogP contribution in [0.5, 0.6) is 0 Å². The third kappa shape index (κ3) is 4.62. The summed E-state index contributed by atoms with van der Waals surface area (Å²) in [6.45, 7) is 3.52. The number of aliphatic carboxylic acids is 1. The van der Waals surface area contributed by atoms with Gasteiger partial charge in [0.2, 0.25) is 5.91 Å². The van der Waals surface area contributed by atoms with Crippen molar-refractivity contribution in [2.24, 2.45) is 5.92 Å². The first-order valence-corrected chi connectivity index (χ1v) is 6.27. The molecule has 4 N–H and O–H groups in total. The first kappa shape index (κ1) is 15.0. The molecule has 0 unspecified atom stereocenters. The summed E-state index contributed by atoms with van der Waals surface area (Å²) in [7, 11) is 0. The number of benzene rings is 1. The smallest absolute Gasteiger partial charge is 0.326 e. The van der Waals surface area contributed by atoms with Gasteiger partial charge in [-0.25, -0.2) is 4.79 Å². The molecule has 0 spiro atoms. The molecule has 1 rings (SSSR count). The van der Waals surface area contributed by atoms with E-state index in [4.69, 9.17) is 10.8 Å². The largest absolute Gasteiger partial charge is 0.480 e. The molecule has 5 heteroatoms. The normalized spacial score (nSPS) is 12.2. The van der Waals surface area contributed by atoms with Gasteiger partial charge in [-0.3, -0.25) is 4.79 Å². The number of carboxylic acid groups (broad SMARTS) is 1. The minimum atomic E-state index is -1.01. The van der Waals surface area contributed by atoms with E-state index in [2.05, 4.69) is 5.32 Å². The van der Waals surface area contributed by atoms with Gasteiger partial charge in [-0.15, -0.1) is 0 Å². The number of carbonyl (C=O) groups excluding carboxylic acids is 1. The molecule has 0 heterocycles. The van der Waals surface area contributed by atoms with Gasteiger partial charge in [-0.05, 0) is 24.0 Å². The first-order chi connectivity index (χ1) is 8.91. The Kier molecular flexibility index (Phi) is 5.36. The third-order valence-electron chi connectivity index (χ3n) is 2.93. The van der Waals surface area contributed by atoms with E-state index >= 15 is 0 Å². The molecule has 1 amide bonds. The Bertz CT molecular complexity index is 458. The van der Waals surface area contributed by atoms with E-state index in [-0.39, 0.29) is 18.2 Å². The van der Waals surface area contributed by atoms with E-state index in [0.717, 1.165) is 5.56 Å². The summed E-state index contributed by atoms with van der Waals surface area (Å²) in [6.07, 6.45) is 0.730. The molecule has 0 saturated heterocycles. The summed E-state index contributed by atoms with van der Waals surface area (Å²) < 4.78 is 0. The highest BCUT2D eigenvalue weighted by atomic mass is 16.4. The number of hydrogen-bond acceptors (Lipinski definition) is 3. The van der Waals surface area contributed by atoms with Gasteiger partial charge >= 0.3 is 5.97 Å². The number of nitrogens with one attached hydrogen (secondary N) is 1. The van der Waals surface area contributed by atoms with Crippen LogP contribution in [0.15, 0.2) is 24.3 Å². The molecule has 0 radical (unpaired) electrons. The van der Waals surface area contributed by atoms with E-state index in [1.54, 1.807) is 19.9 Å². The van der Waals surface area contributed by atoms with Gasteiger partial charge in [0.15, 0.2) is 0 Å². The molecule has 104 valence electrons. The van der Waals surface area contributed by atoms with Crippen LogP contribution in [0, 0.1) is 5.92 Å². The number of para-hydroxylation sites is 1. The van der Waals surface area contributed by atoms with Crippen LogP contribution in [0.1, 0.15) is 25.8 Å². The lowest BCUT2D eigenvalue weighted by atomic mass is 10.0. The molecule has 1 aromatic rings. The van der Waals surface area contributed by atoms with E-state index in [1.165, 1.54) is 0 Å². The van der Waals surface area contributed by atoms with E-state index in [1.807, 2.05) is 18.2 Å². The predicted octanol–water partition coefficient (Wildman–Crippen LogP) is 1.43. The lowest BCUT2D eigenvalue weighted by Gasteiger charge is -2.17. The van der Waals surface area contributed by atoms with E-state index in [9.17, 15) is 9.59 Å². The van der Waals surface area contributed by atoms with Crippen molar-refractivity contribution in [3.63, 3.8) is 0 Å². The summed E-state index contributed by atoms with van der Waals surface area (Å²) >= 11 is 0. The van der Waals surface area contributed by atoms with Crippen LogP contribution >= 0.6 is 0 Å². The fourth-order valence-corrected chi connectivity index (χ4v) is 1.77. The van der Waals surface area contributed by atoms with Crippen molar-refractivity contribution in [2.45, 2.75) is 32.7 Å². The number of hydrogen-bond donors (Lipinski definition) is 3. The van der Waals surface area contributed by atoms with Gasteiger partial charge in [0.25, 0.3) is 0 Å². The Morgan fingerprint density at radius 3 is 2.47 bits per heavy atom. The molecule has 0 aromatic heterocycles. The minimum absolute atomic E-state index is 0.150. The number of carbonyl (C=O) groups is 2. The molecule has 0 aliphatic rings. The van der Waals surface area contributed by atoms with Gasteiger partial charge in [0.05, 0.1) is 0 Å². The fourth-order valence-electron chi connectivity index (χ4n) is 1.77. The fraction of sp³-hybridized carbons (Fsp3) is 0.429. The number of anilines is 1. The molecule has 0 fully saturated rings. The first-order valence-electron chi connectivity index (χ1n) is 6.27. The molecule has 0 bridgehead atoms. The molecule has 19 heavy (non-hydrogen) atoms. The van der Waals surface area contributed by atoms with Gasteiger partial charge in [0.1, 0.15) is 6.04 Å². The van der Waals surface area contributed by atoms with Gasteiger partial charge < -0.3 is 16.2 Å². The standard InChI is InChI=1S/C14H20N2O3/c1-9(2)13(14(18)19)16-12(17)8-7-10-5-3-4-6-11(10)15/h3-6,9,13H,7-8,15H2,1-2H3,(H,16,17)(H,18,19)/t13-/m0/s1. The predicted molar refractivity (Wildman–Crippen MR) is 73.6 cm³/mol. The number of amides is 1. The van der Waals surface area contributed by atoms with Crippen LogP contribution in [0.2, 0.25) is 0 Å². The van der Waals surface area contributed by atoms with Gasteiger partial charge in [0, 0.05) is 12.1 Å². The number of nitrogen functional groups attached to an aromatic ring is 1. The van der Waals surface area contributed by atoms with Crippen LogP contribution < -0.4 is 11.1 Å². The summed E-state index contributed by atoms with van der Waals surface area (Å²) in [4.78, 5) is 22.7. The van der Waals surface area contributed by atoms with Crippen LogP contribution in [-0.4, -0.2) is 23.0 Å². The Labute approximate surface area is 112 Å². The molecule has 0 aliphatic carbocycles. The molecule has 1 atom stereocenters. The zero-order valence-electron chi connectivity index (χ0n) is 11.2. The number of carboxylic acids is 1.